The van der Waals surface area contributed by atoms with Crippen molar-refractivity contribution in [1.29, 1.82) is 0 Å². The molecule has 0 spiro atoms. The zero-order valence-electron chi connectivity index (χ0n) is 8.78. The van der Waals surface area contributed by atoms with Crippen LogP contribution in [0, 0.1) is 11.3 Å². The molecular formula is C10H16O4. The van der Waals surface area contributed by atoms with Crippen LogP contribution in [0.1, 0.15) is 27.2 Å². The molecule has 0 saturated carbocycles. The van der Waals surface area contributed by atoms with Crippen LogP contribution in [0.25, 0.3) is 0 Å². The van der Waals surface area contributed by atoms with E-state index in [1.54, 1.807) is 0 Å². The van der Waals surface area contributed by atoms with Crippen molar-refractivity contribution in [3.05, 3.63) is 0 Å². The molecule has 2 heterocycles. The molecule has 0 aromatic heterocycles. The van der Waals surface area contributed by atoms with Gasteiger partial charge >= 0.3 is 5.97 Å². The number of esters is 1. The quantitative estimate of drug-likeness (QED) is 0.630. The molecule has 0 N–H and O–H groups in total. The molecule has 2 rings (SSSR count). The summed E-state index contributed by atoms with van der Waals surface area (Å²) < 4.78 is 16.0. The van der Waals surface area contributed by atoms with Crippen LogP contribution in [0.4, 0.5) is 0 Å². The molecule has 2 saturated heterocycles. The van der Waals surface area contributed by atoms with E-state index in [0.29, 0.717) is 6.61 Å². The zero-order valence-corrected chi connectivity index (χ0v) is 8.78. The van der Waals surface area contributed by atoms with Gasteiger partial charge in [-0.25, -0.2) is 0 Å². The first-order valence-corrected chi connectivity index (χ1v) is 5.05. The third-order valence-corrected chi connectivity index (χ3v) is 3.34. The lowest BCUT2D eigenvalue weighted by Gasteiger charge is -2.21. The molecule has 0 aromatic carbocycles. The fourth-order valence-electron chi connectivity index (χ4n) is 2.10. The maximum absolute atomic E-state index is 11.3. The average Bonchev–Trinajstić information content (AvgIpc) is 2.52. The monoisotopic (exact) mass is 200 g/mol. The number of ether oxygens (including phenoxy) is 3. The lowest BCUT2D eigenvalue weighted by molar-refractivity contribution is -0.203. The van der Waals surface area contributed by atoms with E-state index in [9.17, 15) is 4.79 Å². The molecule has 4 nitrogen and oxygen atoms in total. The first kappa shape index (κ1) is 9.93. The van der Waals surface area contributed by atoms with E-state index in [1.165, 1.54) is 0 Å². The minimum Gasteiger partial charge on any atom is -0.435 e. The van der Waals surface area contributed by atoms with Crippen molar-refractivity contribution in [2.24, 2.45) is 11.3 Å². The molecule has 0 radical (unpaired) electrons. The number of fused-ring (bicyclic) bond motifs is 1. The van der Waals surface area contributed by atoms with Crippen LogP contribution in [0.3, 0.4) is 0 Å². The van der Waals surface area contributed by atoms with Crippen LogP contribution in [-0.2, 0) is 19.0 Å². The molecular weight excluding hydrogens is 184 g/mol. The van der Waals surface area contributed by atoms with E-state index >= 15 is 0 Å². The summed E-state index contributed by atoms with van der Waals surface area (Å²) in [6.07, 6.45) is 0.102. The van der Waals surface area contributed by atoms with E-state index in [0.717, 1.165) is 6.42 Å². The standard InChI is InChI=1S/C10H16O4/c1-4-12-7-5-10(3)6(2)8(11)14-9(10)13-7/h6-7,9H,4-5H2,1-3H3/t6-,7-,9+,10-/m1/s1. The maximum Gasteiger partial charge on any atom is 0.311 e. The van der Waals surface area contributed by atoms with Crippen molar-refractivity contribution in [2.75, 3.05) is 6.61 Å². The highest BCUT2D eigenvalue weighted by molar-refractivity contribution is 5.75. The van der Waals surface area contributed by atoms with E-state index in [-0.39, 0.29) is 23.6 Å². The van der Waals surface area contributed by atoms with Crippen molar-refractivity contribution in [2.45, 2.75) is 39.8 Å². The summed E-state index contributed by atoms with van der Waals surface area (Å²) in [5.74, 6) is -0.259. The van der Waals surface area contributed by atoms with Crippen LogP contribution < -0.4 is 0 Å². The zero-order chi connectivity index (χ0) is 10.3. The van der Waals surface area contributed by atoms with Gasteiger partial charge in [0.05, 0.1) is 5.92 Å². The van der Waals surface area contributed by atoms with Gasteiger partial charge in [0.1, 0.15) is 0 Å². The normalized spacial score (nSPS) is 46.5. The third kappa shape index (κ3) is 1.25. The minimum atomic E-state index is -0.415. The molecule has 2 aliphatic heterocycles. The Balaban J connectivity index is 2.10. The highest BCUT2D eigenvalue weighted by Crippen LogP contribution is 2.50. The maximum atomic E-state index is 11.3. The summed E-state index contributed by atoms with van der Waals surface area (Å²) in [6.45, 7) is 6.46. The molecule has 0 aromatic rings. The van der Waals surface area contributed by atoms with E-state index in [1.807, 2.05) is 20.8 Å². The Morgan fingerprint density at radius 1 is 1.64 bits per heavy atom. The van der Waals surface area contributed by atoms with E-state index < -0.39 is 6.29 Å². The van der Waals surface area contributed by atoms with Gasteiger partial charge in [0.15, 0.2) is 6.29 Å². The van der Waals surface area contributed by atoms with Gasteiger partial charge < -0.3 is 14.2 Å². The fourth-order valence-corrected chi connectivity index (χ4v) is 2.10. The van der Waals surface area contributed by atoms with Gasteiger partial charge in [-0.15, -0.1) is 0 Å². The summed E-state index contributed by atoms with van der Waals surface area (Å²) in [6, 6.07) is 0. The van der Waals surface area contributed by atoms with Crippen LogP contribution in [-0.4, -0.2) is 25.2 Å². The number of rotatable bonds is 2. The summed E-state index contributed by atoms with van der Waals surface area (Å²) in [4.78, 5) is 11.3. The summed E-state index contributed by atoms with van der Waals surface area (Å²) in [5.41, 5.74) is -0.211. The van der Waals surface area contributed by atoms with Crippen LogP contribution in [0.5, 0.6) is 0 Å². The molecule has 2 fully saturated rings. The van der Waals surface area contributed by atoms with E-state index in [2.05, 4.69) is 0 Å². The Labute approximate surface area is 83.5 Å². The summed E-state index contributed by atoms with van der Waals surface area (Å²) in [7, 11) is 0. The second-order valence-corrected chi connectivity index (χ2v) is 4.22. The lowest BCUT2D eigenvalue weighted by atomic mass is 9.78. The predicted octanol–water partition coefficient (Wildman–Crippen LogP) is 1.29. The highest BCUT2D eigenvalue weighted by Gasteiger charge is 2.58. The van der Waals surface area contributed by atoms with Gasteiger partial charge in [-0.2, -0.15) is 0 Å². The topological polar surface area (TPSA) is 44.8 Å². The predicted molar refractivity (Wildman–Crippen MR) is 48.3 cm³/mol. The van der Waals surface area contributed by atoms with Gasteiger partial charge in [0.25, 0.3) is 0 Å². The Morgan fingerprint density at radius 3 is 2.93 bits per heavy atom. The van der Waals surface area contributed by atoms with Crippen molar-refractivity contribution < 1.29 is 19.0 Å². The fraction of sp³-hybridized carbons (Fsp3) is 0.900. The minimum absolute atomic E-state index is 0.0991. The molecule has 2 aliphatic rings. The van der Waals surface area contributed by atoms with Crippen LogP contribution in [0.15, 0.2) is 0 Å². The Kier molecular flexibility index (Phi) is 2.27. The highest BCUT2D eigenvalue weighted by atomic mass is 16.8. The number of carbonyl (C=O) groups excluding carboxylic acids is 1. The van der Waals surface area contributed by atoms with Gasteiger partial charge in [-0.3, -0.25) is 4.79 Å². The van der Waals surface area contributed by atoms with E-state index in [4.69, 9.17) is 14.2 Å². The first-order chi connectivity index (χ1) is 6.58. The number of carbonyl (C=O) groups is 1. The van der Waals surface area contributed by atoms with Gasteiger partial charge in [-0.05, 0) is 6.92 Å². The summed E-state index contributed by atoms with van der Waals surface area (Å²) in [5, 5.41) is 0. The SMILES string of the molecule is CCO[C@H]1C[C@@]2(C)[C@H](OC(=O)[C@H]2C)O1. The lowest BCUT2D eigenvalue weighted by Crippen LogP contribution is -2.27. The molecule has 0 bridgehead atoms. The van der Waals surface area contributed by atoms with Crippen molar-refractivity contribution >= 4 is 5.97 Å². The molecule has 0 aliphatic carbocycles. The van der Waals surface area contributed by atoms with Crippen LogP contribution >= 0.6 is 0 Å². The smallest absolute Gasteiger partial charge is 0.311 e. The van der Waals surface area contributed by atoms with Crippen LogP contribution in [0.2, 0.25) is 0 Å². The Morgan fingerprint density at radius 2 is 2.36 bits per heavy atom. The molecule has 80 valence electrons. The molecule has 0 unspecified atom stereocenters. The molecule has 14 heavy (non-hydrogen) atoms. The summed E-state index contributed by atoms with van der Waals surface area (Å²) >= 11 is 0. The van der Waals surface area contributed by atoms with Gasteiger partial charge in [0, 0.05) is 18.4 Å². The van der Waals surface area contributed by atoms with Gasteiger partial charge in [-0.1, -0.05) is 13.8 Å². The third-order valence-electron chi connectivity index (χ3n) is 3.34. The van der Waals surface area contributed by atoms with Crippen molar-refractivity contribution in [1.82, 2.24) is 0 Å². The average molecular weight is 200 g/mol. The molecule has 4 atom stereocenters. The van der Waals surface area contributed by atoms with Gasteiger partial charge in [0.2, 0.25) is 6.29 Å². The van der Waals surface area contributed by atoms with Crippen molar-refractivity contribution in [3.8, 4) is 0 Å². The molecule has 4 heteroatoms. The largest absolute Gasteiger partial charge is 0.435 e. The number of hydrogen-bond acceptors (Lipinski definition) is 4. The molecule has 0 amide bonds. The Bertz CT molecular complexity index is 253. The first-order valence-electron chi connectivity index (χ1n) is 5.05. The second kappa shape index (κ2) is 3.21. The van der Waals surface area contributed by atoms with Crippen molar-refractivity contribution in [3.63, 3.8) is 0 Å². The Hall–Kier alpha value is -0.610. The number of hydrogen-bond donors (Lipinski definition) is 0. The second-order valence-electron chi connectivity index (χ2n) is 4.22.